The van der Waals surface area contributed by atoms with Crippen LogP contribution in [-0.2, 0) is 13.6 Å². The Balaban J connectivity index is 1.59. The van der Waals surface area contributed by atoms with Gasteiger partial charge in [0.2, 0.25) is 0 Å². The highest BCUT2D eigenvalue weighted by Crippen LogP contribution is 2.22. The molecule has 1 aromatic heterocycles. The third kappa shape index (κ3) is 4.90. The number of rotatable bonds is 3. The maximum absolute atomic E-state index is 13.3. The van der Waals surface area contributed by atoms with Gasteiger partial charge in [-0.1, -0.05) is 23.2 Å². The molecule has 2 aromatic rings. The molecule has 1 saturated heterocycles. The molecule has 1 N–H and O–H groups in total. The van der Waals surface area contributed by atoms with Crippen LogP contribution in [0.5, 0.6) is 0 Å². The van der Waals surface area contributed by atoms with Gasteiger partial charge in [-0.2, -0.15) is 5.10 Å². The minimum atomic E-state index is -0.442. The van der Waals surface area contributed by atoms with Gasteiger partial charge in [0, 0.05) is 51.0 Å². The first-order valence-corrected chi connectivity index (χ1v) is 9.93. The monoisotopic (exact) mass is 429 g/mol. The highest BCUT2D eigenvalue weighted by atomic mass is 35.5. The quantitative estimate of drug-likeness (QED) is 0.743. The zero-order valence-electron chi connectivity index (χ0n) is 15.3. The van der Waals surface area contributed by atoms with Crippen molar-refractivity contribution in [2.24, 2.45) is 7.05 Å². The first-order chi connectivity index (χ1) is 12.8. The standard InChI is InChI=1S/C18H22Cl2FN5S/c1-12-14(17(20)24(2)23-12)11-25-6-3-7-26(9-8-25)18(27)22-13-4-5-16(21)15(19)10-13/h4-5,10H,3,6-9,11H2,1-2H3,(H,22,27). The molecular formula is C18H22Cl2FN5S. The number of aryl methyl sites for hydroxylation is 2. The minimum Gasteiger partial charge on any atom is -0.348 e. The van der Waals surface area contributed by atoms with E-state index in [-0.39, 0.29) is 5.02 Å². The summed E-state index contributed by atoms with van der Waals surface area (Å²) in [5, 5.41) is 8.92. The van der Waals surface area contributed by atoms with E-state index in [9.17, 15) is 4.39 Å². The molecule has 0 saturated carbocycles. The van der Waals surface area contributed by atoms with Gasteiger partial charge in [-0.25, -0.2) is 4.39 Å². The summed E-state index contributed by atoms with van der Waals surface area (Å²) in [5.41, 5.74) is 2.73. The van der Waals surface area contributed by atoms with Crippen LogP contribution in [-0.4, -0.2) is 50.9 Å². The van der Waals surface area contributed by atoms with E-state index in [1.165, 1.54) is 6.07 Å². The van der Waals surface area contributed by atoms with Crippen LogP contribution in [0.4, 0.5) is 10.1 Å². The van der Waals surface area contributed by atoms with Gasteiger partial charge in [0.05, 0.1) is 10.7 Å². The average molecular weight is 430 g/mol. The van der Waals surface area contributed by atoms with E-state index < -0.39 is 5.82 Å². The normalized spacial score (nSPS) is 15.7. The first-order valence-electron chi connectivity index (χ1n) is 8.76. The van der Waals surface area contributed by atoms with Crippen molar-refractivity contribution in [1.82, 2.24) is 19.6 Å². The molecule has 0 aliphatic carbocycles. The van der Waals surface area contributed by atoms with E-state index in [4.69, 9.17) is 35.4 Å². The molecule has 0 atom stereocenters. The fraction of sp³-hybridized carbons (Fsp3) is 0.444. The van der Waals surface area contributed by atoms with Crippen molar-refractivity contribution in [3.05, 3.63) is 45.4 Å². The van der Waals surface area contributed by atoms with Gasteiger partial charge in [0.1, 0.15) is 11.0 Å². The Hall–Kier alpha value is -1.41. The lowest BCUT2D eigenvalue weighted by Gasteiger charge is -2.24. The third-order valence-electron chi connectivity index (χ3n) is 4.70. The molecule has 0 amide bonds. The number of halogens is 3. The lowest BCUT2D eigenvalue weighted by molar-refractivity contribution is 0.277. The Morgan fingerprint density at radius 2 is 2.04 bits per heavy atom. The van der Waals surface area contributed by atoms with Gasteiger partial charge in [-0.3, -0.25) is 9.58 Å². The van der Waals surface area contributed by atoms with Crippen LogP contribution >= 0.6 is 35.4 Å². The highest BCUT2D eigenvalue weighted by molar-refractivity contribution is 7.80. The van der Waals surface area contributed by atoms with E-state index in [1.54, 1.807) is 16.8 Å². The topological polar surface area (TPSA) is 36.3 Å². The number of hydrogen-bond donors (Lipinski definition) is 1. The van der Waals surface area contributed by atoms with Crippen molar-refractivity contribution in [3.63, 3.8) is 0 Å². The number of anilines is 1. The van der Waals surface area contributed by atoms with Crippen LogP contribution in [0, 0.1) is 12.7 Å². The molecule has 2 heterocycles. The largest absolute Gasteiger partial charge is 0.348 e. The van der Waals surface area contributed by atoms with Crippen molar-refractivity contribution >= 4 is 46.2 Å². The number of aromatic nitrogens is 2. The summed E-state index contributed by atoms with van der Waals surface area (Å²) >= 11 is 17.7. The molecule has 1 aromatic carbocycles. The molecule has 0 radical (unpaired) electrons. The highest BCUT2D eigenvalue weighted by Gasteiger charge is 2.20. The molecular weight excluding hydrogens is 408 g/mol. The van der Waals surface area contributed by atoms with Crippen LogP contribution in [0.15, 0.2) is 18.2 Å². The van der Waals surface area contributed by atoms with E-state index in [1.807, 2.05) is 14.0 Å². The number of hydrogen-bond acceptors (Lipinski definition) is 3. The zero-order chi connectivity index (χ0) is 19.6. The van der Waals surface area contributed by atoms with E-state index >= 15 is 0 Å². The molecule has 9 heteroatoms. The molecule has 1 aliphatic rings. The van der Waals surface area contributed by atoms with Gasteiger partial charge >= 0.3 is 0 Å². The molecule has 1 fully saturated rings. The van der Waals surface area contributed by atoms with E-state index in [0.29, 0.717) is 16.0 Å². The predicted molar refractivity (Wildman–Crippen MR) is 112 cm³/mol. The van der Waals surface area contributed by atoms with Crippen molar-refractivity contribution in [1.29, 1.82) is 0 Å². The second kappa shape index (κ2) is 8.73. The van der Waals surface area contributed by atoms with Crippen molar-refractivity contribution in [2.75, 3.05) is 31.5 Å². The summed E-state index contributed by atoms with van der Waals surface area (Å²) in [5.74, 6) is -0.442. The Bertz CT molecular complexity index is 841. The molecule has 0 unspecified atom stereocenters. The van der Waals surface area contributed by atoms with Gasteiger partial charge in [0.25, 0.3) is 0 Å². The van der Waals surface area contributed by atoms with Gasteiger partial charge < -0.3 is 10.2 Å². The molecule has 0 bridgehead atoms. The second-order valence-electron chi connectivity index (χ2n) is 6.65. The van der Waals surface area contributed by atoms with Crippen LogP contribution < -0.4 is 5.32 Å². The third-order valence-corrected chi connectivity index (χ3v) is 5.82. The maximum atomic E-state index is 13.3. The Morgan fingerprint density at radius 1 is 1.26 bits per heavy atom. The van der Waals surface area contributed by atoms with Gasteiger partial charge in [0.15, 0.2) is 5.11 Å². The summed E-state index contributed by atoms with van der Waals surface area (Å²) in [6.07, 6.45) is 0.989. The molecule has 3 rings (SSSR count). The minimum absolute atomic E-state index is 0.0774. The Morgan fingerprint density at radius 3 is 2.70 bits per heavy atom. The lowest BCUT2D eigenvalue weighted by atomic mass is 10.2. The Labute approximate surface area is 174 Å². The molecule has 27 heavy (non-hydrogen) atoms. The summed E-state index contributed by atoms with van der Waals surface area (Å²) < 4.78 is 15.0. The van der Waals surface area contributed by atoms with Crippen LogP contribution in [0.3, 0.4) is 0 Å². The molecule has 1 aliphatic heterocycles. The van der Waals surface area contributed by atoms with Crippen LogP contribution in [0.1, 0.15) is 17.7 Å². The average Bonchev–Trinajstić information content (AvgIpc) is 2.81. The molecule has 5 nitrogen and oxygen atoms in total. The predicted octanol–water partition coefficient (Wildman–Crippen LogP) is 4.08. The number of nitrogens with zero attached hydrogens (tertiary/aromatic N) is 4. The molecule has 0 spiro atoms. The maximum Gasteiger partial charge on any atom is 0.173 e. The first kappa shape index (κ1) is 20.3. The fourth-order valence-corrected chi connectivity index (χ4v) is 3.90. The number of thiocarbonyl (C=S) groups is 1. The summed E-state index contributed by atoms with van der Waals surface area (Å²) in [4.78, 5) is 4.50. The van der Waals surface area contributed by atoms with Crippen LogP contribution in [0.25, 0.3) is 0 Å². The van der Waals surface area contributed by atoms with Crippen molar-refractivity contribution in [3.8, 4) is 0 Å². The van der Waals surface area contributed by atoms with Crippen molar-refractivity contribution in [2.45, 2.75) is 19.9 Å². The summed E-state index contributed by atoms with van der Waals surface area (Å²) in [7, 11) is 1.86. The smallest absolute Gasteiger partial charge is 0.173 e. The van der Waals surface area contributed by atoms with E-state index in [0.717, 1.165) is 50.4 Å². The van der Waals surface area contributed by atoms with Gasteiger partial charge in [-0.15, -0.1) is 0 Å². The van der Waals surface area contributed by atoms with Crippen LogP contribution in [0.2, 0.25) is 10.2 Å². The zero-order valence-corrected chi connectivity index (χ0v) is 17.6. The lowest BCUT2D eigenvalue weighted by Crippen LogP contribution is -2.37. The molecule has 146 valence electrons. The van der Waals surface area contributed by atoms with Crippen molar-refractivity contribution < 1.29 is 4.39 Å². The van der Waals surface area contributed by atoms with E-state index in [2.05, 4.69) is 20.2 Å². The summed E-state index contributed by atoms with van der Waals surface area (Å²) in [6, 6.07) is 4.50. The SMILES string of the molecule is Cc1nn(C)c(Cl)c1CN1CCCN(C(=S)Nc2ccc(F)c(Cl)c2)CC1. The Kier molecular flexibility index (Phi) is 6.57. The fourth-order valence-electron chi connectivity index (χ4n) is 3.19. The van der Waals surface area contributed by atoms with Gasteiger partial charge in [-0.05, 0) is 43.8 Å². The second-order valence-corrected chi connectivity index (χ2v) is 7.81. The summed E-state index contributed by atoms with van der Waals surface area (Å²) in [6.45, 7) is 6.26. The number of benzene rings is 1. The number of nitrogens with one attached hydrogen (secondary N) is 1.